The van der Waals surface area contributed by atoms with E-state index in [9.17, 15) is 19.2 Å². The minimum Gasteiger partial charge on any atom is -0.491 e. The Bertz CT molecular complexity index is 2360. The lowest BCUT2D eigenvalue weighted by Crippen LogP contribution is -2.62. The number of nitrogens with zero attached hydrogens (tertiary/aromatic N) is 7. The number of ether oxygens (including phenoxy) is 1. The highest BCUT2D eigenvalue weighted by Crippen LogP contribution is 2.38. The van der Waals surface area contributed by atoms with E-state index < -0.39 is 23.7 Å². The highest BCUT2D eigenvalue weighted by atomic mass is 19.1. The first-order chi connectivity index (χ1) is 27.7. The topological polar surface area (TPSA) is 168 Å². The van der Waals surface area contributed by atoms with E-state index in [0.717, 1.165) is 69.1 Å². The molecule has 3 aromatic heterocycles. The third-order valence-corrected chi connectivity index (χ3v) is 11.9. The first-order valence-corrected chi connectivity index (χ1v) is 19.9. The van der Waals surface area contributed by atoms with Gasteiger partial charge in [0.2, 0.25) is 11.8 Å². The van der Waals surface area contributed by atoms with Crippen LogP contribution in [0.3, 0.4) is 0 Å². The van der Waals surface area contributed by atoms with Gasteiger partial charge in [0.1, 0.15) is 23.2 Å². The van der Waals surface area contributed by atoms with Gasteiger partial charge >= 0.3 is 0 Å². The van der Waals surface area contributed by atoms with Crippen LogP contribution in [0.1, 0.15) is 85.0 Å². The second-order valence-corrected chi connectivity index (χ2v) is 15.7. The number of piperidine rings is 1. The number of carbonyl (C=O) groups excluding carboxylic acids is 4. The number of rotatable bonds is 12. The molecule has 4 fully saturated rings. The van der Waals surface area contributed by atoms with Crippen molar-refractivity contribution in [1.29, 1.82) is 0 Å². The maximum Gasteiger partial charge on any atom is 0.261 e. The molecule has 15 nitrogen and oxygen atoms in total. The molecule has 2 aliphatic heterocycles. The second kappa shape index (κ2) is 15.2. The van der Waals surface area contributed by atoms with Crippen molar-refractivity contribution in [1.82, 2.24) is 39.9 Å². The molecule has 0 bridgehead atoms. The Hall–Kier alpha value is -5.90. The van der Waals surface area contributed by atoms with Gasteiger partial charge in [-0.05, 0) is 87.7 Å². The maximum atomic E-state index is 15.2. The lowest BCUT2D eigenvalue weighted by Gasteiger charge is -2.50. The van der Waals surface area contributed by atoms with Crippen molar-refractivity contribution in [3.05, 3.63) is 78.1 Å². The molecular formula is C41H45FN10O5. The molecule has 0 radical (unpaired) electrons. The van der Waals surface area contributed by atoms with Crippen LogP contribution >= 0.6 is 0 Å². The van der Waals surface area contributed by atoms with Crippen LogP contribution in [0.4, 0.5) is 15.8 Å². The Kier molecular flexibility index (Phi) is 9.80. The smallest absolute Gasteiger partial charge is 0.261 e. The first kappa shape index (κ1) is 36.7. The highest BCUT2D eigenvalue weighted by molar-refractivity contribution is 6.09. The lowest BCUT2D eigenvalue weighted by atomic mass is 9.88. The largest absolute Gasteiger partial charge is 0.491 e. The molecule has 2 aromatic carbocycles. The van der Waals surface area contributed by atoms with Gasteiger partial charge in [-0.1, -0.05) is 6.92 Å². The molecular weight excluding hydrogens is 732 g/mol. The van der Waals surface area contributed by atoms with Crippen LogP contribution in [0.5, 0.6) is 5.75 Å². The predicted molar refractivity (Wildman–Crippen MR) is 209 cm³/mol. The Morgan fingerprint density at radius 3 is 2.58 bits per heavy atom. The van der Waals surface area contributed by atoms with E-state index in [0.29, 0.717) is 52.9 Å². The summed E-state index contributed by atoms with van der Waals surface area (Å²) in [5.74, 6) is -1.46. The molecule has 5 aromatic rings. The second-order valence-electron chi connectivity index (χ2n) is 15.7. The molecule has 16 heteroatoms. The zero-order valence-corrected chi connectivity index (χ0v) is 31.7. The third kappa shape index (κ3) is 7.53. The van der Waals surface area contributed by atoms with E-state index in [-0.39, 0.29) is 36.3 Å². The lowest BCUT2D eigenvalue weighted by molar-refractivity contribution is -0.134. The normalized spacial score (nSPS) is 21.5. The SMILES string of the molecule is CCN(C1CCC(n2cc3cc(NC(=O)c4cnn5cccnc45)c(OCC4CC4)cc3n2)CC1)C1CN(c2ccc(C(=O)NC3CCC(=O)NC3=O)c(F)c2)C1. The van der Waals surface area contributed by atoms with Crippen LogP contribution in [0.15, 0.2) is 61.2 Å². The maximum absolute atomic E-state index is 15.2. The number of aromatic nitrogens is 5. The molecule has 296 valence electrons. The van der Waals surface area contributed by atoms with E-state index in [4.69, 9.17) is 9.84 Å². The average molecular weight is 777 g/mol. The summed E-state index contributed by atoms with van der Waals surface area (Å²) in [6.07, 6.45) is 13.6. The van der Waals surface area contributed by atoms with Crippen LogP contribution in [-0.2, 0) is 9.59 Å². The van der Waals surface area contributed by atoms with Crippen LogP contribution in [0.25, 0.3) is 16.6 Å². The Balaban J connectivity index is 0.816. The molecule has 2 saturated heterocycles. The van der Waals surface area contributed by atoms with E-state index in [1.54, 1.807) is 29.0 Å². The van der Waals surface area contributed by atoms with E-state index in [1.165, 1.54) is 18.3 Å². The van der Waals surface area contributed by atoms with Crippen molar-refractivity contribution in [2.75, 3.05) is 36.5 Å². The predicted octanol–water partition coefficient (Wildman–Crippen LogP) is 4.49. The van der Waals surface area contributed by atoms with Crippen LogP contribution in [0.2, 0.25) is 0 Å². The van der Waals surface area contributed by atoms with Gasteiger partial charge < -0.3 is 20.3 Å². The minimum absolute atomic E-state index is 0.124. The minimum atomic E-state index is -0.868. The fourth-order valence-corrected chi connectivity index (χ4v) is 8.44. The number of anilines is 2. The first-order valence-electron chi connectivity index (χ1n) is 19.9. The monoisotopic (exact) mass is 776 g/mol. The van der Waals surface area contributed by atoms with E-state index >= 15 is 4.39 Å². The summed E-state index contributed by atoms with van der Waals surface area (Å²) in [6, 6.07) is 10.4. The Labute approximate surface area is 327 Å². The number of hydrogen-bond acceptors (Lipinski definition) is 10. The molecule has 1 atom stereocenters. The summed E-state index contributed by atoms with van der Waals surface area (Å²) in [6.45, 7) is 5.22. The molecule has 4 aliphatic rings. The van der Waals surface area contributed by atoms with Gasteiger partial charge in [0.15, 0.2) is 5.65 Å². The number of halogens is 1. The van der Waals surface area contributed by atoms with Crippen LogP contribution < -0.4 is 25.6 Å². The standard InChI is InChI=1S/C41H45FN10O5/c1-2-50(29-21-49(22-29)28-10-11-30(32(42)17-28)39(54)45-33-12-13-37(53)47-41(33)56)26-6-8-27(9-7-26)52-20-25-16-35(36(18-34(25)48-52)57-23-24-4-5-24)46-40(55)31-19-44-51-15-3-14-43-38(31)51/h3,10-11,14-20,24,26-27,29,33H,2,4-9,12-13,21-23H2,1H3,(H,45,54)(H,46,55)(H,47,53,56). The van der Waals surface area contributed by atoms with Gasteiger partial charge in [-0.25, -0.2) is 13.9 Å². The highest BCUT2D eigenvalue weighted by Gasteiger charge is 2.37. The van der Waals surface area contributed by atoms with Crippen molar-refractivity contribution in [3.8, 4) is 5.75 Å². The number of fused-ring (bicyclic) bond motifs is 2. The molecule has 3 N–H and O–H groups in total. The average Bonchev–Trinajstić information content (AvgIpc) is 3.77. The number of nitrogens with one attached hydrogen (secondary N) is 3. The summed E-state index contributed by atoms with van der Waals surface area (Å²) in [5, 5.41) is 18.0. The molecule has 4 amide bonds. The number of hydrogen-bond donors (Lipinski definition) is 3. The number of benzene rings is 2. The quantitative estimate of drug-likeness (QED) is 0.154. The molecule has 2 aliphatic carbocycles. The van der Waals surface area contributed by atoms with Gasteiger partial charge in [-0.3, -0.25) is 34.1 Å². The van der Waals surface area contributed by atoms with Crippen molar-refractivity contribution in [2.45, 2.75) is 82.5 Å². The third-order valence-electron chi connectivity index (χ3n) is 11.9. The van der Waals surface area contributed by atoms with E-state index in [1.807, 2.05) is 12.1 Å². The zero-order valence-electron chi connectivity index (χ0n) is 31.7. The number of likely N-dealkylation sites (N-methyl/N-ethyl adjacent to an activating group) is 1. The summed E-state index contributed by atoms with van der Waals surface area (Å²) in [5.41, 5.74) is 2.85. The van der Waals surface area contributed by atoms with E-state index in [2.05, 4.69) is 53.6 Å². The van der Waals surface area contributed by atoms with Gasteiger partial charge in [-0.2, -0.15) is 10.2 Å². The molecule has 1 unspecified atom stereocenters. The number of carbonyl (C=O) groups is 4. The van der Waals surface area contributed by atoms with Gasteiger partial charge in [0, 0.05) is 67.3 Å². The molecule has 57 heavy (non-hydrogen) atoms. The van der Waals surface area contributed by atoms with Crippen molar-refractivity contribution < 1.29 is 28.3 Å². The number of imide groups is 1. The molecule has 9 rings (SSSR count). The fourth-order valence-electron chi connectivity index (χ4n) is 8.44. The number of amides is 4. The van der Waals surface area contributed by atoms with Gasteiger partial charge in [0.25, 0.3) is 11.8 Å². The molecule has 5 heterocycles. The molecule has 0 spiro atoms. The van der Waals surface area contributed by atoms with Crippen molar-refractivity contribution >= 4 is 51.6 Å². The van der Waals surface area contributed by atoms with Crippen molar-refractivity contribution in [3.63, 3.8) is 0 Å². The Morgan fingerprint density at radius 1 is 1.00 bits per heavy atom. The molecule has 2 saturated carbocycles. The van der Waals surface area contributed by atoms with Crippen LogP contribution in [-0.4, -0.2) is 97.3 Å². The van der Waals surface area contributed by atoms with Gasteiger partial charge in [0.05, 0.1) is 35.6 Å². The summed E-state index contributed by atoms with van der Waals surface area (Å²) in [7, 11) is 0. The van der Waals surface area contributed by atoms with Gasteiger partial charge in [-0.15, -0.1) is 0 Å². The summed E-state index contributed by atoms with van der Waals surface area (Å²) >= 11 is 0. The fraction of sp³-hybridized carbons (Fsp3) is 0.439. The Morgan fingerprint density at radius 2 is 1.82 bits per heavy atom. The summed E-state index contributed by atoms with van der Waals surface area (Å²) < 4.78 is 25.1. The van der Waals surface area contributed by atoms with Crippen LogP contribution in [0, 0.1) is 11.7 Å². The summed E-state index contributed by atoms with van der Waals surface area (Å²) in [4.78, 5) is 58.7. The zero-order chi connectivity index (χ0) is 39.2. The van der Waals surface area contributed by atoms with Crippen molar-refractivity contribution in [2.24, 2.45) is 5.92 Å².